The number of ether oxygens (including phenoxy) is 1. The molecule has 0 radical (unpaired) electrons. The molecule has 0 saturated carbocycles. The van der Waals surface area contributed by atoms with E-state index >= 15 is 0 Å². The predicted molar refractivity (Wildman–Crippen MR) is 117 cm³/mol. The molecule has 2 aliphatic heterocycles. The summed E-state index contributed by atoms with van der Waals surface area (Å²) < 4.78 is 5.44. The number of piperidine rings is 1. The van der Waals surface area contributed by atoms with E-state index < -0.39 is 5.66 Å². The number of nitrogens with one attached hydrogen (secondary N) is 2. The Bertz CT molecular complexity index is 920. The molecule has 3 amide bonds. The number of fused-ring (bicyclic) bond motifs is 1. The number of rotatable bonds is 4. The number of likely N-dealkylation sites (tertiary alicyclic amines) is 1. The standard InChI is InChI=1S/C23H28N4O3/c1-3-27-20-8-6-5-7-19(20)21(28)25-23(27)13-15-26(16-14-23)22(29)24-17-9-11-18(12-10-17)30-4-2/h5-12H,3-4,13-16H2,1-2H3,(H,24,29)(H,25,28). The fraction of sp³-hybridized carbons (Fsp3) is 0.391. The fourth-order valence-corrected chi connectivity index (χ4v) is 4.43. The van der Waals surface area contributed by atoms with E-state index in [0.29, 0.717) is 38.1 Å². The van der Waals surface area contributed by atoms with Crippen molar-refractivity contribution in [3.8, 4) is 5.75 Å². The molecule has 2 heterocycles. The first-order chi connectivity index (χ1) is 14.6. The summed E-state index contributed by atoms with van der Waals surface area (Å²) in [6.07, 6.45) is 1.36. The number of hydrogen-bond acceptors (Lipinski definition) is 4. The van der Waals surface area contributed by atoms with Gasteiger partial charge in [0.15, 0.2) is 0 Å². The molecular weight excluding hydrogens is 380 g/mol. The van der Waals surface area contributed by atoms with Crippen LogP contribution in [-0.2, 0) is 0 Å². The van der Waals surface area contributed by atoms with Crippen LogP contribution in [-0.4, -0.2) is 48.7 Å². The van der Waals surface area contributed by atoms with E-state index in [9.17, 15) is 9.59 Å². The highest BCUT2D eigenvalue weighted by atomic mass is 16.5. The number of anilines is 2. The van der Waals surface area contributed by atoms with Gasteiger partial charge in [0.05, 0.1) is 17.9 Å². The summed E-state index contributed by atoms with van der Waals surface area (Å²) in [6, 6.07) is 15.0. The monoisotopic (exact) mass is 408 g/mol. The van der Waals surface area contributed by atoms with Crippen molar-refractivity contribution in [1.29, 1.82) is 0 Å². The minimum absolute atomic E-state index is 0.0393. The molecule has 0 atom stereocenters. The molecule has 0 bridgehead atoms. The zero-order valence-electron chi connectivity index (χ0n) is 17.5. The Balaban J connectivity index is 1.43. The highest BCUT2D eigenvalue weighted by Crippen LogP contribution is 2.37. The first-order valence-electron chi connectivity index (χ1n) is 10.5. The van der Waals surface area contributed by atoms with Crippen LogP contribution < -0.4 is 20.3 Å². The molecule has 0 aromatic heterocycles. The lowest BCUT2D eigenvalue weighted by molar-refractivity contribution is 0.0808. The minimum Gasteiger partial charge on any atom is -0.494 e. The maximum Gasteiger partial charge on any atom is 0.321 e. The Morgan fingerprint density at radius 1 is 1.10 bits per heavy atom. The van der Waals surface area contributed by atoms with Crippen molar-refractivity contribution in [3.63, 3.8) is 0 Å². The molecule has 2 aliphatic rings. The van der Waals surface area contributed by atoms with Crippen LogP contribution >= 0.6 is 0 Å². The van der Waals surface area contributed by atoms with Crippen molar-refractivity contribution in [2.45, 2.75) is 32.4 Å². The predicted octanol–water partition coefficient (Wildman–Crippen LogP) is 3.68. The van der Waals surface area contributed by atoms with Crippen LogP contribution in [0.15, 0.2) is 48.5 Å². The van der Waals surface area contributed by atoms with Crippen molar-refractivity contribution < 1.29 is 14.3 Å². The van der Waals surface area contributed by atoms with Gasteiger partial charge in [-0.2, -0.15) is 0 Å². The molecule has 0 aliphatic carbocycles. The Kier molecular flexibility index (Phi) is 5.53. The van der Waals surface area contributed by atoms with Gasteiger partial charge in [0.1, 0.15) is 11.4 Å². The van der Waals surface area contributed by atoms with E-state index in [4.69, 9.17) is 4.74 Å². The van der Waals surface area contributed by atoms with Gasteiger partial charge >= 0.3 is 6.03 Å². The number of urea groups is 1. The molecule has 30 heavy (non-hydrogen) atoms. The van der Waals surface area contributed by atoms with Crippen molar-refractivity contribution in [3.05, 3.63) is 54.1 Å². The highest BCUT2D eigenvalue weighted by Gasteiger charge is 2.45. The molecule has 2 aromatic carbocycles. The first-order valence-corrected chi connectivity index (χ1v) is 10.5. The van der Waals surface area contributed by atoms with Gasteiger partial charge in [-0.15, -0.1) is 0 Å². The van der Waals surface area contributed by atoms with Crippen LogP contribution in [0.1, 0.15) is 37.0 Å². The number of benzene rings is 2. The Morgan fingerprint density at radius 2 is 1.80 bits per heavy atom. The maximum atomic E-state index is 12.7. The number of carbonyl (C=O) groups is 2. The second kappa shape index (κ2) is 8.26. The topological polar surface area (TPSA) is 73.9 Å². The summed E-state index contributed by atoms with van der Waals surface area (Å²) >= 11 is 0. The van der Waals surface area contributed by atoms with Gasteiger partial charge in [0.2, 0.25) is 0 Å². The Labute approximate surface area is 177 Å². The summed E-state index contributed by atoms with van der Waals surface area (Å²) in [5, 5.41) is 6.18. The third kappa shape index (κ3) is 3.67. The lowest BCUT2D eigenvalue weighted by atomic mass is 9.90. The number of amides is 3. The van der Waals surface area contributed by atoms with Crippen molar-refractivity contribution >= 4 is 23.3 Å². The smallest absolute Gasteiger partial charge is 0.321 e. The Morgan fingerprint density at radius 3 is 2.47 bits per heavy atom. The molecule has 4 rings (SSSR count). The zero-order chi connectivity index (χ0) is 21.1. The molecule has 7 nitrogen and oxygen atoms in total. The molecule has 7 heteroatoms. The van der Waals surface area contributed by atoms with Crippen molar-refractivity contribution in [2.75, 3.05) is 36.5 Å². The molecule has 2 aromatic rings. The van der Waals surface area contributed by atoms with Gasteiger partial charge in [0.25, 0.3) is 5.91 Å². The molecule has 0 unspecified atom stereocenters. The van der Waals surface area contributed by atoms with E-state index in [2.05, 4.69) is 22.5 Å². The fourth-order valence-electron chi connectivity index (χ4n) is 4.43. The van der Waals surface area contributed by atoms with Gasteiger partial charge in [-0.1, -0.05) is 12.1 Å². The highest BCUT2D eigenvalue weighted by molar-refractivity contribution is 6.02. The zero-order valence-corrected chi connectivity index (χ0v) is 17.5. The first kappa shape index (κ1) is 20.1. The quantitative estimate of drug-likeness (QED) is 0.809. The van der Waals surface area contributed by atoms with E-state index in [0.717, 1.165) is 23.7 Å². The van der Waals surface area contributed by atoms with Crippen molar-refractivity contribution in [1.82, 2.24) is 10.2 Å². The van der Waals surface area contributed by atoms with Crippen LogP contribution in [0.3, 0.4) is 0 Å². The number of carbonyl (C=O) groups excluding carboxylic acids is 2. The van der Waals surface area contributed by atoms with Gasteiger partial charge in [-0.05, 0) is 50.2 Å². The normalized spacial score (nSPS) is 17.3. The maximum absolute atomic E-state index is 12.7. The third-order valence-corrected chi connectivity index (χ3v) is 5.91. The second-order valence-electron chi connectivity index (χ2n) is 7.62. The average molecular weight is 409 g/mol. The van der Waals surface area contributed by atoms with Gasteiger partial charge < -0.3 is 25.2 Å². The number of nitrogens with zero attached hydrogens (tertiary/aromatic N) is 2. The Hall–Kier alpha value is -3.22. The molecule has 1 fully saturated rings. The third-order valence-electron chi connectivity index (χ3n) is 5.91. The van der Waals surface area contributed by atoms with Crippen LogP contribution in [0.25, 0.3) is 0 Å². The van der Waals surface area contributed by atoms with Gasteiger partial charge in [-0.25, -0.2) is 4.79 Å². The molecule has 2 N–H and O–H groups in total. The van der Waals surface area contributed by atoms with E-state index in [1.807, 2.05) is 60.4 Å². The van der Waals surface area contributed by atoms with Gasteiger partial charge in [0, 0.05) is 38.2 Å². The summed E-state index contributed by atoms with van der Waals surface area (Å²) in [5.74, 6) is 0.742. The average Bonchev–Trinajstić information content (AvgIpc) is 2.76. The van der Waals surface area contributed by atoms with E-state index in [1.165, 1.54) is 0 Å². The lowest BCUT2D eigenvalue weighted by Gasteiger charge is -2.52. The number of hydrogen-bond donors (Lipinski definition) is 2. The van der Waals surface area contributed by atoms with Crippen LogP contribution in [0.4, 0.5) is 16.2 Å². The largest absolute Gasteiger partial charge is 0.494 e. The molecule has 158 valence electrons. The molecule has 1 spiro atoms. The summed E-state index contributed by atoms with van der Waals surface area (Å²) in [6.45, 7) is 6.57. The summed E-state index contributed by atoms with van der Waals surface area (Å²) in [7, 11) is 0. The summed E-state index contributed by atoms with van der Waals surface area (Å²) in [5.41, 5.74) is 1.96. The van der Waals surface area contributed by atoms with Gasteiger partial charge in [-0.3, -0.25) is 4.79 Å². The second-order valence-corrected chi connectivity index (χ2v) is 7.62. The molecule has 1 saturated heterocycles. The van der Waals surface area contributed by atoms with E-state index in [1.54, 1.807) is 0 Å². The SMILES string of the molecule is CCOc1ccc(NC(=O)N2CCC3(CC2)NC(=O)c2ccccc2N3CC)cc1. The van der Waals surface area contributed by atoms with Crippen LogP contribution in [0.5, 0.6) is 5.75 Å². The van der Waals surface area contributed by atoms with Crippen molar-refractivity contribution in [2.24, 2.45) is 0 Å². The number of para-hydroxylation sites is 1. The molecular formula is C23H28N4O3. The van der Waals surface area contributed by atoms with E-state index in [-0.39, 0.29) is 11.9 Å². The van der Waals surface area contributed by atoms with Crippen LogP contribution in [0.2, 0.25) is 0 Å². The van der Waals surface area contributed by atoms with Crippen LogP contribution in [0, 0.1) is 0 Å². The lowest BCUT2D eigenvalue weighted by Crippen LogP contribution is -2.68. The summed E-state index contributed by atoms with van der Waals surface area (Å²) in [4.78, 5) is 29.5. The minimum atomic E-state index is -0.448.